The number of aliphatic hydroxyl groups excluding tert-OH is 1. The normalized spacial score (nSPS) is 20.9. The van der Waals surface area contributed by atoms with Crippen LogP contribution in [0.4, 0.5) is 5.82 Å². The molecule has 20 heavy (non-hydrogen) atoms. The van der Waals surface area contributed by atoms with Crippen molar-refractivity contribution in [1.29, 1.82) is 0 Å². The summed E-state index contributed by atoms with van der Waals surface area (Å²) in [6, 6.07) is 0. The number of hydrogen-bond donors (Lipinski definition) is 2. The lowest BCUT2D eigenvalue weighted by Crippen LogP contribution is -2.19. The average molecular weight is 277 g/mol. The van der Waals surface area contributed by atoms with Crippen LogP contribution < -0.4 is 10.1 Å². The first-order valence-electron chi connectivity index (χ1n) is 7.59. The minimum atomic E-state index is 0.0718. The summed E-state index contributed by atoms with van der Waals surface area (Å²) in [6.45, 7) is 1.74. The number of nitrogens with zero attached hydrogens (tertiary/aromatic N) is 2. The maximum Gasteiger partial charge on any atom is 0.234 e. The van der Waals surface area contributed by atoms with Crippen molar-refractivity contribution in [2.45, 2.75) is 38.5 Å². The standard InChI is InChI=1S/C15H23N3O2/c19-11-15(5-6-15)10-17-13-7-16-8-14(18-13)20-9-12-3-1-2-4-12/h7-8,12,19H,1-6,9-11H2,(H,17,18). The molecule has 5 heteroatoms. The van der Waals surface area contributed by atoms with Gasteiger partial charge in [0.05, 0.1) is 25.6 Å². The second-order valence-electron chi connectivity index (χ2n) is 6.22. The number of hydrogen-bond acceptors (Lipinski definition) is 5. The average Bonchev–Trinajstić information content (AvgIpc) is 3.09. The summed E-state index contributed by atoms with van der Waals surface area (Å²) in [4.78, 5) is 8.59. The van der Waals surface area contributed by atoms with Gasteiger partial charge in [-0.15, -0.1) is 0 Å². The zero-order valence-corrected chi connectivity index (χ0v) is 11.8. The Kier molecular flexibility index (Phi) is 4.05. The topological polar surface area (TPSA) is 67.3 Å². The summed E-state index contributed by atoms with van der Waals surface area (Å²) < 4.78 is 5.74. The molecule has 5 nitrogen and oxygen atoms in total. The summed E-state index contributed by atoms with van der Waals surface area (Å²) in [5.74, 6) is 2.00. The van der Waals surface area contributed by atoms with Gasteiger partial charge in [0.25, 0.3) is 0 Å². The predicted molar refractivity (Wildman–Crippen MR) is 76.7 cm³/mol. The summed E-state index contributed by atoms with van der Waals surface area (Å²) in [5, 5.41) is 12.5. The fourth-order valence-corrected chi connectivity index (χ4v) is 2.73. The van der Waals surface area contributed by atoms with E-state index < -0.39 is 0 Å². The van der Waals surface area contributed by atoms with Crippen LogP contribution in [0, 0.1) is 11.3 Å². The molecule has 1 heterocycles. The van der Waals surface area contributed by atoms with E-state index in [0.29, 0.717) is 11.8 Å². The Morgan fingerprint density at radius 3 is 2.80 bits per heavy atom. The van der Waals surface area contributed by atoms with Crippen LogP contribution in [0.5, 0.6) is 5.88 Å². The molecule has 0 aromatic carbocycles. The molecular formula is C15H23N3O2. The van der Waals surface area contributed by atoms with E-state index in [2.05, 4.69) is 15.3 Å². The fourth-order valence-electron chi connectivity index (χ4n) is 2.73. The molecule has 2 aliphatic rings. The summed E-state index contributed by atoms with van der Waals surface area (Å²) in [7, 11) is 0. The number of aliphatic hydroxyl groups is 1. The van der Waals surface area contributed by atoms with E-state index in [9.17, 15) is 5.11 Å². The summed E-state index contributed by atoms with van der Waals surface area (Å²) >= 11 is 0. The van der Waals surface area contributed by atoms with Crippen LogP contribution in [0.15, 0.2) is 12.4 Å². The van der Waals surface area contributed by atoms with Gasteiger partial charge in [-0.1, -0.05) is 12.8 Å². The molecule has 2 saturated carbocycles. The van der Waals surface area contributed by atoms with Crippen LogP contribution in [0.2, 0.25) is 0 Å². The molecule has 2 N–H and O–H groups in total. The second-order valence-corrected chi connectivity index (χ2v) is 6.22. The minimum Gasteiger partial charge on any atom is -0.476 e. The number of anilines is 1. The first-order valence-corrected chi connectivity index (χ1v) is 7.59. The third-order valence-electron chi connectivity index (χ3n) is 4.49. The van der Waals surface area contributed by atoms with Gasteiger partial charge in [-0.25, -0.2) is 0 Å². The van der Waals surface area contributed by atoms with Gasteiger partial charge >= 0.3 is 0 Å². The molecule has 0 radical (unpaired) electrons. The van der Waals surface area contributed by atoms with E-state index in [1.807, 2.05) is 0 Å². The quantitative estimate of drug-likeness (QED) is 0.800. The molecule has 0 bridgehead atoms. The van der Waals surface area contributed by atoms with E-state index in [1.54, 1.807) is 12.4 Å². The van der Waals surface area contributed by atoms with E-state index in [1.165, 1.54) is 25.7 Å². The van der Waals surface area contributed by atoms with Gasteiger partial charge in [-0.3, -0.25) is 4.98 Å². The van der Waals surface area contributed by atoms with Crippen LogP contribution >= 0.6 is 0 Å². The van der Waals surface area contributed by atoms with Gasteiger partial charge in [-0.05, 0) is 31.6 Å². The first-order chi connectivity index (χ1) is 9.80. The molecular weight excluding hydrogens is 254 g/mol. The molecule has 1 aromatic heterocycles. The van der Waals surface area contributed by atoms with Gasteiger partial charge in [0.15, 0.2) is 0 Å². The second kappa shape index (κ2) is 5.95. The highest BCUT2D eigenvalue weighted by Gasteiger charge is 2.41. The van der Waals surface area contributed by atoms with Crippen molar-refractivity contribution in [2.75, 3.05) is 25.1 Å². The van der Waals surface area contributed by atoms with E-state index in [-0.39, 0.29) is 12.0 Å². The highest BCUT2D eigenvalue weighted by atomic mass is 16.5. The molecule has 0 unspecified atom stereocenters. The lowest BCUT2D eigenvalue weighted by Gasteiger charge is -2.14. The van der Waals surface area contributed by atoms with Gasteiger partial charge < -0.3 is 15.2 Å². The Balaban J connectivity index is 1.49. The Morgan fingerprint density at radius 2 is 2.10 bits per heavy atom. The highest BCUT2D eigenvalue weighted by molar-refractivity contribution is 5.34. The number of aromatic nitrogens is 2. The van der Waals surface area contributed by atoms with Crippen molar-refractivity contribution in [3.05, 3.63) is 12.4 Å². The number of ether oxygens (including phenoxy) is 1. The molecule has 0 atom stereocenters. The zero-order chi connectivity index (χ0) is 13.8. The minimum absolute atomic E-state index is 0.0718. The van der Waals surface area contributed by atoms with Crippen molar-refractivity contribution in [2.24, 2.45) is 11.3 Å². The SMILES string of the molecule is OCC1(CNc2cncc(OCC3CCCC3)n2)CC1. The zero-order valence-electron chi connectivity index (χ0n) is 11.8. The van der Waals surface area contributed by atoms with E-state index in [0.717, 1.165) is 31.8 Å². The molecule has 110 valence electrons. The molecule has 0 saturated heterocycles. The molecule has 2 fully saturated rings. The third-order valence-corrected chi connectivity index (χ3v) is 4.49. The largest absolute Gasteiger partial charge is 0.476 e. The van der Waals surface area contributed by atoms with Crippen molar-refractivity contribution in [3.8, 4) is 5.88 Å². The predicted octanol–water partition coefficient (Wildman–Crippen LogP) is 2.23. The molecule has 3 rings (SSSR count). The maximum atomic E-state index is 9.29. The smallest absolute Gasteiger partial charge is 0.234 e. The monoisotopic (exact) mass is 277 g/mol. The lowest BCUT2D eigenvalue weighted by molar-refractivity contribution is 0.219. The van der Waals surface area contributed by atoms with Crippen molar-refractivity contribution >= 4 is 5.82 Å². The summed E-state index contributed by atoms with van der Waals surface area (Å²) in [6.07, 6.45) is 10.7. The third kappa shape index (κ3) is 3.39. The van der Waals surface area contributed by atoms with Crippen LogP contribution in [-0.4, -0.2) is 34.8 Å². The van der Waals surface area contributed by atoms with Crippen LogP contribution in [-0.2, 0) is 0 Å². The Morgan fingerprint density at radius 1 is 1.30 bits per heavy atom. The fraction of sp³-hybridized carbons (Fsp3) is 0.733. The molecule has 0 amide bonds. The van der Waals surface area contributed by atoms with Gasteiger partial charge in [0.2, 0.25) is 5.88 Å². The first kappa shape index (κ1) is 13.6. The lowest BCUT2D eigenvalue weighted by atomic mass is 10.1. The van der Waals surface area contributed by atoms with Gasteiger partial charge in [-0.2, -0.15) is 4.98 Å². The molecule has 0 aliphatic heterocycles. The Bertz CT molecular complexity index is 442. The molecule has 2 aliphatic carbocycles. The molecule has 1 aromatic rings. The van der Waals surface area contributed by atoms with Crippen LogP contribution in [0.1, 0.15) is 38.5 Å². The Hall–Kier alpha value is -1.36. The number of nitrogens with one attached hydrogen (secondary N) is 1. The van der Waals surface area contributed by atoms with Gasteiger partial charge in [0.1, 0.15) is 5.82 Å². The van der Waals surface area contributed by atoms with E-state index in [4.69, 9.17) is 4.74 Å². The molecule has 0 spiro atoms. The van der Waals surface area contributed by atoms with Crippen LogP contribution in [0.3, 0.4) is 0 Å². The highest BCUT2D eigenvalue weighted by Crippen LogP contribution is 2.44. The maximum absolute atomic E-state index is 9.29. The van der Waals surface area contributed by atoms with Crippen molar-refractivity contribution in [1.82, 2.24) is 9.97 Å². The summed E-state index contributed by atoms with van der Waals surface area (Å²) in [5.41, 5.74) is 0.0718. The number of rotatable bonds is 7. The van der Waals surface area contributed by atoms with Crippen molar-refractivity contribution in [3.63, 3.8) is 0 Å². The van der Waals surface area contributed by atoms with Gasteiger partial charge in [0, 0.05) is 12.0 Å². The van der Waals surface area contributed by atoms with E-state index >= 15 is 0 Å². The van der Waals surface area contributed by atoms with Crippen molar-refractivity contribution < 1.29 is 9.84 Å². The van der Waals surface area contributed by atoms with Crippen LogP contribution in [0.25, 0.3) is 0 Å². The Labute approximate surface area is 119 Å².